The first-order valence-corrected chi connectivity index (χ1v) is 8.58. The van der Waals surface area contributed by atoms with E-state index < -0.39 is 0 Å². The molecule has 8 unspecified atom stereocenters. The maximum atomic E-state index is 2.47. The van der Waals surface area contributed by atoms with Gasteiger partial charge in [0.1, 0.15) is 0 Å². The molecule has 98 valence electrons. The fraction of sp³-hybridized carbons (Fsp3) is 0.889. The Hall–Kier alpha value is -0.260. The van der Waals surface area contributed by atoms with Crippen molar-refractivity contribution in [3.63, 3.8) is 0 Å². The second kappa shape index (κ2) is 3.64. The van der Waals surface area contributed by atoms with Crippen LogP contribution in [0.3, 0.4) is 0 Å². The summed E-state index contributed by atoms with van der Waals surface area (Å²) in [4.78, 5) is 0. The van der Waals surface area contributed by atoms with Crippen LogP contribution in [0.4, 0.5) is 0 Å². The molecule has 0 aliphatic heterocycles. The molecule has 0 heteroatoms. The number of hydrogen-bond donors (Lipinski definition) is 0. The SMILES string of the molecule is C1=C\CCC2C(CC/1)C1CC2C2C3CCC(C3)C12. The second-order valence-corrected chi connectivity index (χ2v) is 8.01. The van der Waals surface area contributed by atoms with Gasteiger partial charge in [0.15, 0.2) is 0 Å². The topological polar surface area (TPSA) is 0 Å². The number of rotatable bonds is 0. The Morgan fingerprint density at radius 3 is 1.67 bits per heavy atom. The van der Waals surface area contributed by atoms with E-state index in [9.17, 15) is 0 Å². The highest BCUT2D eigenvalue weighted by molar-refractivity contribution is 5.13. The summed E-state index contributed by atoms with van der Waals surface area (Å²) in [5.41, 5.74) is 0. The number of allylic oxidation sites excluding steroid dienone is 2. The van der Waals surface area contributed by atoms with E-state index in [0.29, 0.717) is 0 Å². The summed E-state index contributed by atoms with van der Waals surface area (Å²) < 4.78 is 0. The Bertz CT molecular complexity index is 347. The van der Waals surface area contributed by atoms with Crippen molar-refractivity contribution >= 4 is 0 Å². The molecule has 5 aliphatic rings. The Kier molecular flexibility index (Phi) is 2.13. The van der Waals surface area contributed by atoms with Crippen LogP contribution < -0.4 is 0 Å². The zero-order valence-electron chi connectivity index (χ0n) is 11.4. The molecule has 0 radical (unpaired) electrons. The van der Waals surface area contributed by atoms with Gasteiger partial charge in [0.2, 0.25) is 0 Å². The summed E-state index contributed by atoms with van der Waals surface area (Å²) in [5, 5.41) is 0. The molecular formula is C18H26. The molecule has 0 aromatic heterocycles. The summed E-state index contributed by atoms with van der Waals surface area (Å²) >= 11 is 0. The molecule has 0 aromatic carbocycles. The third-order valence-corrected chi connectivity index (χ3v) is 7.73. The van der Waals surface area contributed by atoms with E-state index in [1.165, 1.54) is 61.2 Å². The van der Waals surface area contributed by atoms with Crippen molar-refractivity contribution in [1.29, 1.82) is 0 Å². The lowest BCUT2D eigenvalue weighted by molar-refractivity contribution is 0.0477. The van der Waals surface area contributed by atoms with Crippen LogP contribution in [0.5, 0.6) is 0 Å². The molecular weight excluding hydrogens is 216 g/mol. The first kappa shape index (κ1) is 10.5. The summed E-state index contributed by atoms with van der Waals surface area (Å²) in [6.07, 6.45) is 17.3. The quantitative estimate of drug-likeness (QED) is 0.428. The monoisotopic (exact) mass is 242 g/mol. The maximum Gasteiger partial charge on any atom is -0.0321 e. The first-order chi connectivity index (χ1) is 8.93. The van der Waals surface area contributed by atoms with Crippen LogP contribution in [0, 0.1) is 47.3 Å². The van der Waals surface area contributed by atoms with Gasteiger partial charge in [0.25, 0.3) is 0 Å². The molecule has 4 bridgehead atoms. The van der Waals surface area contributed by atoms with Gasteiger partial charge in [0, 0.05) is 0 Å². The Morgan fingerprint density at radius 1 is 0.556 bits per heavy atom. The van der Waals surface area contributed by atoms with Crippen LogP contribution >= 0.6 is 0 Å². The normalized spacial score (nSPS) is 62.2. The average molecular weight is 242 g/mol. The van der Waals surface area contributed by atoms with E-state index >= 15 is 0 Å². The molecule has 0 heterocycles. The smallest absolute Gasteiger partial charge is 0.0321 e. The molecule has 0 nitrogen and oxygen atoms in total. The molecule has 0 aromatic rings. The molecule has 4 saturated carbocycles. The second-order valence-electron chi connectivity index (χ2n) is 8.01. The van der Waals surface area contributed by atoms with Crippen molar-refractivity contribution < 1.29 is 0 Å². The third kappa shape index (κ3) is 1.18. The van der Waals surface area contributed by atoms with Crippen molar-refractivity contribution in [3.8, 4) is 0 Å². The van der Waals surface area contributed by atoms with Gasteiger partial charge in [-0.25, -0.2) is 0 Å². The van der Waals surface area contributed by atoms with Crippen LogP contribution in [0.2, 0.25) is 0 Å². The van der Waals surface area contributed by atoms with Gasteiger partial charge in [-0.15, -0.1) is 0 Å². The van der Waals surface area contributed by atoms with Crippen LogP contribution in [0.1, 0.15) is 51.4 Å². The van der Waals surface area contributed by atoms with Crippen molar-refractivity contribution in [2.24, 2.45) is 47.3 Å². The van der Waals surface area contributed by atoms with Gasteiger partial charge in [-0.2, -0.15) is 0 Å². The summed E-state index contributed by atoms with van der Waals surface area (Å²) in [5.74, 6) is 9.39. The average Bonchev–Trinajstić information content (AvgIpc) is 3.03. The predicted molar refractivity (Wildman–Crippen MR) is 74.0 cm³/mol. The molecule has 5 rings (SSSR count). The Labute approximate surface area is 111 Å². The minimum Gasteiger partial charge on any atom is -0.0885 e. The Morgan fingerprint density at radius 2 is 1.11 bits per heavy atom. The van der Waals surface area contributed by atoms with E-state index in [-0.39, 0.29) is 0 Å². The van der Waals surface area contributed by atoms with Gasteiger partial charge < -0.3 is 0 Å². The largest absolute Gasteiger partial charge is 0.0885 e. The van der Waals surface area contributed by atoms with Crippen molar-refractivity contribution in [3.05, 3.63) is 12.2 Å². The Balaban J connectivity index is 1.49. The molecule has 0 N–H and O–H groups in total. The van der Waals surface area contributed by atoms with Crippen LogP contribution in [0.15, 0.2) is 12.2 Å². The lowest BCUT2D eigenvalue weighted by Gasteiger charge is -2.44. The minimum atomic E-state index is 1.14. The number of hydrogen-bond acceptors (Lipinski definition) is 0. The van der Waals surface area contributed by atoms with Crippen molar-refractivity contribution in [1.82, 2.24) is 0 Å². The van der Waals surface area contributed by atoms with Gasteiger partial charge >= 0.3 is 0 Å². The minimum absolute atomic E-state index is 1.14. The van der Waals surface area contributed by atoms with E-state index in [1.54, 1.807) is 25.7 Å². The molecule has 8 atom stereocenters. The molecule has 5 aliphatic carbocycles. The standard InChI is InChI=1S/C18H26/c1-2-4-6-14-13(5-3-1)15-10-16(14)18-12-8-7-11(9-12)17(15)18/h1-2,11-18H,3-10H2/b2-1-. The van der Waals surface area contributed by atoms with Gasteiger partial charge in [-0.05, 0) is 98.7 Å². The molecule has 18 heavy (non-hydrogen) atoms. The predicted octanol–water partition coefficient (Wildman–Crippen LogP) is 4.66. The lowest BCUT2D eigenvalue weighted by atomic mass is 9.61. The van der Waals surface area contributed by atoms with E-state index in [1.807, 2.05) is 0 Å². The van der Waals surface area contributed by atoms with Crippen molar-refractivity contribution in [2.75, 3.05) is 0 Å². The zero-order valence-corrected chi connectivity index (χ0v) is 11.4. The molecule has 0 spiro atoms. The van der Waals surface area contributed by atoms with E-state index in [2.05, 4.69) is 12.2 Å². The fourth-order valence-electron chi connectivity index (χ4n) is 7.50. The first-order valence-electron chi connectivity index (χ1n) is 8.58. The summed E-state index contributed by atoms with van der Waals surface area (Å²) in [6.45, 7) is 0. The van der Waals surface area contributed by atoms with Crippen molar-refractivity contribution in [2.45, 2.75) is 51.4 Å². The third-order valence-electron chi connectivity index (χ3n) is 7.73. The number of fused-ring (bicyclic) bond motifs is 12. The highest BCUT2D eigenvalue weighted by Gasteiger charge is 2.64. The molecule has 4 fully saturated rings. The van der Waals surface area contributed by atoms with Gasteiger partial charge in [0.05, 0.1) is 0 Å². The van der Waals surface area contributed by atoms with Crippen LogP contribution in [-0.2, 0) is 0 Å². The molecule has 0 amide bonds. The van der Waals surface area contributed by atoms with E-state index in [0.717, 1.165) is 11.8 Å². The van der Waals surface area contributed by atoms with Gasteiger partial charge in [-0.3, -0.25) is 0 Å². The van der Waals surface area contributed by atoms with Gasteiger partial charge in [-0.1, -0.05) is 12.2 Å². The van der Waals surface area contributed by atoms with Crippen LogP contribution in [-0.4, -0.2) is 0 Å². The summed E-state index contributed by atoms with van der Waals surface area (Å²) in [6, 6.07) is 0. The highest BCUT2D eigenvalue weighted by Crippen LogP contribution is 2.71. The van der Waals surface area contributed by atoms with Crippen LogP contribution in [0.25, 0.3) is 0 Å². The highest BCUT2D eigenvalue weighted by atomic mass is 14.7. The zero-order chi connectivity index (χ0) is 11.7. The van der Waals surface area contributed by atoms with E-state index in [4.69, 9.17) is 0 Å². The maximum absolute atomic E-state index is 2.47. The fourth-order valence-corrected chi connectivity index (χ4v) is 7.50. The summed E-state index contributed by atoms with van der Waals surface area (Å²) in [7, 11) is 0. The lowest BCUT2D eigenvalue weighted by Crippen LogP contribution is -2.38. The molecule has 0 saturated heterocycles.